The number of ether oxygens (including phenoxy) is 2. The fourth-order valence-electron chi connectivity index (χ4n) is 3.21. The highest BCUT2D eigenvalue weighted by Gasteiger charge is 2.17. The molecule has 1 heterocycles. The van der Waals surface area contributed by atoms with Gasteiger partial charge >= 0.3 is 5.69 Å². The van der Waals surface area contributed by atoms with Gasteiger partial charge in [-0.3, -0.25) is 0 Å². The fraction of sp³-hybridized carbons (Fsp3) is 0.136. The van der Waals surface area contributed by atoms with Crippen LogP contribution in [0.2, 0.25) is 5.02 Å². The first-order valence-electron chi connectivity index (χ1n) is 9.33. The highest BCUT2D eigenvalue weighted by atomic mass is 79.9. The summed E-state index contributed by atoms with van der Waals surface area (Å²) in [6, 6.07) is 13.6. The minimum Gasteiger partial charge on any atom is -0.493 e. The second-order valence-corrected chi connectivity index (χ2v) is 8.00. The van der Waals surface area contributed by atoms with Crippen LogP contribution in [0.3, 0.4) is 0 Å². The normalized spacial score (nSPS) is 11.0. The van der Waals surface area contributed by atoms with Crippen molar-refractivity contribution in [2.75, 3.05) is 12.4 Å². The summed E-state index contributed by atoms with van der Waals surface area (Å²) in [5.41, 5.74) is 3.03. The highest BCUT2D eigenvalue weighted by Crippen LogP contribution is 2.38. The SMILES string of the molecule is COc1ccc(Br)c(CNc2ccc3[nH]c(=O)[nH]c3c2)c1OCc1c(F)cccc1Cl. The second-order valence-electron chi connectivity index (χ2n) is 6.74. The molecule has 0 fully saturated rings. The van der Waals surface area contributed by atoms with Gasteiger partial charge in [0.2, 0.25) is 0 Å². The van der Waals surface area contributed by atoms with E-state index in [1.807, 2.05) is 24.3 Å². The Morgan fingerprint density at radius 3 is 2.68 bits per heavy atom. The number of hydrogen-bond acceptors (Lipinski definition) is 4. The average Bonchev–Trinajstić information content (AvgIpc) is 3.12. The van der Waals surface area contributed by atoms with Crippen LogP contribution in [0.4, 0.5) is 10.1 Å². The summed E-state index contributed by atoms with van der Waals surface area (Å²) < 4.78 is 26.4. The summed E-state index contributed by atoms with van der Waals surface area (Å²) in [4.78, 5) is 16.9. The molecule has 0 atom stereocenters. The summed E-state index contributed by atoms with van der Waals surface area (Å²) in [6.07, 6.45) is 0. The van der Waals surface area contributed by atoms with Gasteiger partial charge in [-0.05, 0) is 42.5 Å². The zero-order valence-electron chi connectivity index (χ0n) is 16.4. The van der Waals surface area contributed by atoms with Gasteiger partial charge in [-0.15, -0.1) is 0 Å². The molecule has 9 heteroatoms. The van der Waals surface area contributed by atoms with Crippen molar-refractivity contribution in [1.29, 1.82) is 0 Å². The highest BCUT2D eigenvalue weighted by molar-refractivity contribution is 9.10. The maximum atomic E-state index is 14.2. The lowest BCUT2D eigenvalue weighted by atomic mass is 10.1. The van der Waals surface area contributed by atoms with Gasteiger partial charge in [0.25, 0.3) is 0 Å². The molecule has 0 aliphatic carbocycles. The van der Waals surface area contributed by atoms with E-state index in [4.69, 9.17) is 21.1 Å². The van der Waals surface area contributed by atoms with Crippen molar-refractivity contribution in [2.24, 2.45) is 0 Å². The number of anilines is 1. The van der Waals surface area contributed by atoms with E-state index in [1.54, 1.807) is 25.3 Å². The lowest BCUT2D eigenvalue weighted by molar-refractivity contribution is 0.277. The number of methoxy groups -OCH3 is 1. The number of fused-ring (bicyclic) bond motifs is 1. The zero-order chi connectivity index (χ0) is 22.0. The lowest BCUT2D eigenvalue weighted by Gasteiger charge is -2.18. The van der Waals surface area contributed by atoms with Crippen molar-refractivity contribution in [2.45, 2.75) is 13.2 Å². The zero-order valence-corrected chi connectivity index (χ0v) is 18.7. The largest absolute Gasteiger partial charge is 0.493 e. The standard InChI is InChI=1S/C22H18BrClFN3O3/c1-30-20-8-6-15(23)13(21(20)31-11-14-16(24)3-2-4-17(14)25)10-26-12-5-7-18-19(9-12)28-22(29)27-18/h2-9,26H,10-11H2,1H3,(H2,27,28,29). The summed E-state index contributed by atoms with van der Waals surface area (Å²) in [7, 11) is 1.54. The Labute approximate surface area is 190 Å². The Morgan fingerprint density at radius 2 is 1.90 bits per heavy atom. The third kappa shape index (κ3) is 4.55. The van der Waals surface area contributed by atoms with Crippen LogP contribution < -0.4 is 20.5 Å². The summed E-state index contributed by atoms with van der Waals surface area (Å²) >= 11 is 9.68. The summed E-state index contributed by atoms with van der Waals surface area (Å²) in [5.74, 6) is 0.549. The van der Waals surface area contributed by atoms with Crippen molar-refractivity contribution in [1.82, 2.24) is 9.97 Å². The van der Waals surface area contributed by atoms with Gasteiger partial charge in [0.15, 0.2) is 11.5 Å². The average molecular weight is 507 g/mol. The molecule has 31 heavy (non-hydrogen) atoms. The minimum atomic E-state index is -0.435. The van der Waals surface area contributed by atoms with Crippen LogP contribution in [0.5, 0.6) is 11.5 Å². The van der Waals surface area contributed by atoms with Gasteiger partial charge in [-0.25, -0.2) is 9.18 Å². The van der Waals surface area contributed by atoms with Gasteiger partial charge in [0, 0.05) is 27.8 Å². The van der Waals surface area contributed by atoms with Crippen molar-refractivity contribution >= 4 is 44.3 Å². The molecule has 0 radical (unpaired) electrons. The molecule has 160 valence electrons. The third-order valence-corrected chi connectivity index (χ3v) is 5.89. The van der Waals surface area contributed by atoms with E-state index >= 15 is 0 Å². The summed E-state index contributed by atoms with van der Waals surface area (Å²) in [5, 5.41) is 3.61. The number of halogens is 3. The van der Waals surface area contributed by atoms with E-state index in [0.717, 1.165) is 21.2 Å². The Balaban J connectivity index is 1.60. The smallest absolute Gasteiger partial charge is 0.323 e. The quantitative estimate of drug-likeness (QED) is 0.304. The van der Waals surface area contributed by atoms with Crippen LogP contribution >= 0.6 is 27.5 Å². The predicted molar refractivity (Wildman–Crippen MR) is 123 cm³/mol. The van der Waals surface area contributed by atoms with Gasteiger partial charge in [-0.2, -0.15) is 0 Å². The van der Waals surface area contributed by atoms with Crippen LogP contribution in [0.1, 0.15) is 11.1 Å². The number of rotatable bonds is 7. The number of aromatic nitrogens is 2. The van der Waals surface area contributed by atoms with Gasteiger partial charge in [-0.1, -0.05) is 33.6 Å². The Bertz CT molecular complexity index is 1280. The maximum absolute atomic E-state index is 14.2. The molecule has 4 rings (SSSR count). The molecule has 0 saturated carbocycles. The Morgan fingerprint density at radius 1 is 1.10 bits per heavy atom. The first-order valence-corrected chi connectivity index (χ1v) is 10.5. The number of hydrogen-bond donors (Lipinski definition) is 3. The van der Waals surface area contributed by atoms with E-state index < -0.39 is 5.82 Å². The van der Waals surface area contributed by atoms with Crippen LogP contribution in [0, 0.1) is 5.82 Å². The number of imidazole rings is 1. The maximum Gasteiger partial charge on any atom is 0.323 e. The van der Waals surface area contributed by atoms with Crippen molar-refractivity contribution in [3.05, 3.63) is 85.5 Å². The van der Waals surface area contributed by atoms with Crippen molar-refractivity contribution < 1.29 is 13.9 Å². The van der Waals surface area contributed by atoms with Crippen LogP contribution in [-0.2, 0) is 13.2 Å². The molecule has 0 saturated heterocycles. The van der Waals surface area contributed by atoms with Crippen LogP contribution in [0.15, 0.2) is 57.8 Å². The Kier molecular flexibility index (Phi) is 6.20. The first-order chi connectivity index (χ1) is 15.0. The molecule has 0 spiro atoms. The van der Waals surface area contributed by atoms with Crippen molar-refractivity contribution in [3.8, 4) is 11.5 Å². The molecule has 0 aliphatic heterocycles. The molecular formula is C22H18BrClFN3O3. The number of aromatic amines is 2. The van der Waals surface area contributed by atoms with Gasteiger partial charge in [0.1, 0.15) is 12.4 Å². The first kappa shape index (κ1) is 21.3. The number of nitrogens with one attached hydrogen (secondary N) is 3. The van der Waals surface area contributed by atoms with Crippen LogP contribution in [-0.4, -0.2) is 17.1 Å². The van der Waals surface area contributed by atoms with E-state index in [0.29, 0.717) is 28.6 Å². The fourth-order valence-corrected chi connectivity index (χ4v) is 3.88. The monoisotopic (exact) mass is 505 g/mol. The van der Waals surface area contributed by atoms with E-state index in [-0.39, 0.29) is 17.9 Å². The molecule has 0 bridgehead atoms. The molecular weight excluding hydrogens is 489 g/mol. The molecule has 6 nitrogen and oxygen atoms in total. The van der Waals surface area contributed by atoms with Gasteiger partial charge in [0.05, 0.1) is 23.2 Å². The molecule has 0 unspecified atom stereocenters. The van der Waals surface area contributed by atoms with Gasteiger partial charge < -0.3 is 24.8 Å². The van der Waals surface area contributed by atoms with E-state index in [1.165, 1.54) is 6.07 Å². The molecule has 3 N–H and O–H groups in total. The molecule has 3 aromatic carbocycles. The molecule has 1 aromatic heterocycles. The predicted octanol–water partition coefficient (Wildman–Crippen LogP) is 5.61. The van der Waals surface area contributed by atoms with E-state index in [2.05, 4.69) is 31.2 Å². The van der Waals surface area contributed by atoms with Crippen molar-refractivity contribution in [3.63, 3.8) is 0 Å². The number of H-pyrrole nitrogens is 2. The number of benzene rings is 3. The molecule has 4 aromatic rings. The second kappa shape index (κ2) is 9.03. The summed E-state index contributed by atoms with van der Waals surface area (Å²) in [6.45, 7) is 0.333. The topological polar surface area (TPSA) is 79.1 Å². The molecule has 0 amide bonds. The minimum absolute atomic E-state index is 0.0537. The van der Waals surface area contributed by atoms with Crippen LogP contribution in [0.25, 0.3) is 11.0 Å². The molecule has 0 aliphatic rings. The van der Waals surface area contributed by atoms with E-state index in [9.17, 15) is 9.18 Å². The Hall–Kier alpha value is -2.97. The third-order valence-electron chi connectivity index (χ3n) is 4.79. The lowest BCUT2D eigenvalue weighted by Crippen LogP contribution is -2.07.